The van der Waals surface area contributed by atoms with Crippen LogP contribution in [-0.2, 0) is 6.18 Å². The zero-order valence-electron chi connectivity index (χ0n) is 8.01. The van der Waals surface area contributed by atoms with Gasteiger partial charge in [-0.1, -0.05) is 11.6 Å². The quantitative estimate of drug-likeness (QED) is 0.845. The minimum atomic E-state index is -4.45. The van der Waals surface area contributed by atoms with Gasteiger partial charge in [0, 0.05) is 13.2 Å². The number of pyridine rings is 1. The van der Waals surface area contributed by atoms with Gasteiger partial charge in [0.05, 0.1) is 10.6 Å². The number of nitrogens with zero attached hydrogens (tertiary/aromatic N) is 3. The SMILES string of the molecule is CNc1nc2c(Cl)cc(C(F)(F)F)cn2n1. The lowest BCUT2D eigenvalue weighted by atomic mass is 10.3. The summed E-state index contributed by atoms with van der Waals surface area (Å²) in [6.07, 6.45) is -3.61. The van der Waals surface area contributed by atoms with Crippen LogP contribution in [-0.4, -0.2) is 21.6 Å². The van der Waals surface area contributed by atoms with Crippen LogP contribution in [0.15, 0.2) is 12.3 Å². The van der Waals surface area contributed by atoms with Gasteiger partial charge in [-0.3, -0.25) is 0 Å². The third-order valence-corrected chi connectivity index (χ3v) is 2.22. The number of aromatic nitrogens is 3. The van der Waals surface area contributed by atoms with Crippen LogP contribution in [0.1, 0.15) is 5.56 Å². The standard InChI is InChI=1S/C8H6ClF3N4/c1-13-7-14-6-5(9)2-4(8(10,11)12)3-16(6)15-7/h2-3H,1H3,(H,13,15). The number of nitrogens with one attached hydrogen (secondary N) is 1. The van der Waals surface area contributed by atoms with E-state index in [1.165, 1.54) is 0 Å². The van der Waals surface area contributed by atoms with Gasteiger partial charge in [0.15, 0.2) is 5.65 Å². The number of fused-ring (bicyclic) bond motifs is 1. The average Bonchev–Trinajstić information content (AvgIpc) is 2.59. The lowest BCUT2D eigenvalue weighted by Crippen LogP contribution is -2.07. The molecule has 2 heterocycles. The van der Waals surface area contributed by atoms with Gasteiger partial charge in [0.1, 0.15) is 0 Å². The van der Waals surface area contributed by atoms with E-state index in [1.807, 2.05) is 0 Å². The third kappa shape index (κ3) is 1.78. The minimum absolute atomic E-state index is 0.0937. The van der Waals surface area contributed by atoms with Gasteiger partial charge in [0.2, 0.25) is 5.95 Å². The highest BCUT2D eigenvalue weighted by atomic mass is 35.5. The lowest BCUT2D eigenvalue weighted by Gasteiger charge is -2.06. The van der Waals surface area contributed by atoms with Crippen LogP contribution >= 0.6 is 11.6 Å². The summed E-state index contributed by atoms with van der Waals surface area (Å²) < 4.78 is 38.3. The molecule has 4 nitrogen and oxygen atoms in total. The smallest absolute Gasteiger partial charge is 0.356 e. The molecule has 16 heavy (non-hydrogen) atoms. The fourth-order valence-corrected chi connectivity index (χ4v) is 1.45. The maximum absolute atomic E-state index is 12.4. The summed E-state index contributed by atoms with van der Waals surface area (Å²) in [5.41, 5.74) is -0.684. The zero-order chi connectivity index (χ0) is 11.9. The molecule has 0 saturated carbocycles. The average molecular weight is 251 g/mol. The first-order valence-corrected chi connectivity index (χ1v) is 4.60. The molecular formula is C8H6ClF3N4. The van der Waals surface area contributed by atoms with Crippen LogP contribution in [0.25, 0.3) is 5.65 Å². The van der Waals surface area contributed by atoms with Crippen LogP contribution in [0.3, 0.4) is 0 Å². The van der Waals surface area contributed by atoms with Crippen molar-refractivity contribution in [3.8, 4) is 0 Å². The molecule has 0 amide bonds. The van der Waals surface area contributed by atoms with Gasteiger partial charge < -0.3 is 5.32 Å². The van der Waals surface area contributed by atoms with Crippen molar-refractivity contribution < 1.29 is 13.2 Å². The van der Waals surface area contributed by atoms with Gasteiger partial charge in [-0.25, -0.2) is 4.52 Å². The van der Waals surface area contributed by atoms with Gasteiger partial charge in [-0.2, -0.15) is 18.2 Å². The number of halogens is 4. The Hall–Kier alpha value is -1.50. The zero-order valence-corrected chi connectivity index (χ0v) is 8.76. The summed E-state index contributed by atoms with van der Waals surface area (Å²) in [5.74, 6) is 0.209. The third-order valence-electron chi connectivity index (χ3n) is 1.94. The van der Waals surface area contributed by atoms with Crippen LogP contribution in [0.5, 0.6) is 0 Å². The van der Waals surface area contributed by atoms with Crippen molar-refractivity contribution in [2.24, 2.45) is 0 Å². The Balaban J connectivity index is 2.67. The van der Waals surface area contributed by atoms with E-state index in [4.69, 9.17) is 11.6 Å². The van der Waals surface area contributed by atoms with Crippen molar-refractivity contribution in [1.82, 2.24) is 14.6 Å². The molecule has 2 aromatic rings. The Morgan fingerprint density at radius 1 is 1.44 bits per heavy atom. The van der Waals surface area contributed by atoms with Gasteiger partial charge in [-0.05, 0) is 6.07 Å². The number of hydrogen-bond acceptors (Lipinski definition) is 3. The van der Waals surface area contributed by atoms with E-state index in [0.29, 0.717) is 0 Å². The summed E-state index contributed by atoms with van der Waals surface area (Å²) in [6.45, 7) is 0. The van der Waals surface area contributed by atoms with Crippen LogP contribution in [0.2, 0.25) is 5.02 Å². The van der Waals surface area contributed by atoms with E-state index in [9.17, 15) is 13.2 Å². The van der Waals surface area contributed by atoms with Crippen molar-refractivity contribution in [2.45, 2.75) is 6.18 Å². The molecule has 0 atom stereocenters. The van der Waals surface area contributed by atoms with Crippen LogP contribution in [0, 0.1) is 0 Å². The van der Waals surface area contributed by atoms with Gasteiger partial charge in [-0.15, -0.1) is 5.10 Å². The highest BCUT2D eigenvalue weighted by molar-refractivity contribution is 6.33. The Morgan fingerprint density at radius 2 is 2.12 bits per heavy atom. The number of anilines is 1. The first-order valence-electron chi connectivity index (χ1n) is 4.22. The molecule has 0 spiro atoms. The lowest BCUT2D eigenvalue weighted by molar-refractivity contribution is -0.137. The second kappa shape index (κ2) is 3.51. The van der Waals surface area contributed by atoms with Crippen LogP contribution in [0.4, 0.5) is 19.1 Å². The van der Waals surface area contributed by atoms with Gasteiger partial charge >= 0.3 is 6.18 Å². The predicted octanol–water partition coefficient (Wildman–Crippen LogP) is 2.44. The fourth-order valence-electron chi connectivity index (χ4n) is 1.21. The summed E-state index contributed by atoms with van der Waals surface area (Å²) in [6, 6.07) is 0.824. The number of rotatable bonds is 1. The summed E-state index contributed by atoms with van der Waals surface area (Å²) in [7, 11) is 1.56. The molecule has 0 aliphatic rings. The summed E-state index contributed by atoms with van der Waals surface area (Å²) in [4.78, 5) is 3.90. The summed E-state index contributed by atoms with van der Waals surface area (Å²) >= 11 is 5.69. The molecular weight excluding hydrogens is 245 g/mol. The highest BCUT2D eigenvalue weighted by Gasteiger charge is 2.32. The topological polar surface area (TPSA) is 42.2 Å². The Kier molecular flexibility index (Phi) is 2.42. The van der Waals surface area contributed by atoms with E-state index < -0.39 is 11.7 Å². The molecule has 0 saturated heterocycles. The molecule has 2 aromatic heterocycles. The van der Waals surface area contributed by atoms with Crippen molar-refractivity contribution >= 4 is 23.2 Å². The van der Waals surface area contributed by atoms with Crippen molar-refractivity contribution in [1.29, 1.82) is 0 Å². The molecule has 0 aliphatic carbocycles. The maximum atomic E-state index is 12.4. The monoisotopic (exact) mass is 250 g/mol. The van der Waals surface area contributed by atoms with E-state index >= 15 is 0 Å². The van der Waals surface area contributed by atoms with Gasteiger partial charge in [0.25, 0.3) is 0 Å². The fraction of sp³-hybridized carbons (Fsp3) is 0.250. The highest BCUT2D eigenvalue weighted by Crippen LogP contribution is 2.31. The molecule has 0 fully saturated rings. The molecule has 0 aromatic carbocycles. The number of hydrogen-bond donors (Lipinski definition) is 1. The van der Waals surface area contributed by atoms with E-state index in [0.717, 1.165) is 16.8 Å². The van der Waals surface area contributed by atoms with Crippen molar-refractivity contribution in [3.63, 3.8) is 0 Å². The Bertz CT molecular complexity index is 534. The molecule has 0 aliphatic heterocycles. The van der Waals surface area contributed by atoms with Crippen LogP contribution < -0.4 is 5.32 Å². The summed E-state index contributed by atoms with van der Waals surface area (Å²) in [5, 5.41) is 6.30. The largest absolute Gasteiger partial charge is 0.417 e. The van der Waals surface area contributed by atoms with Crippen molar-refractivity contribution in [3.05, 3.63) is 22.8 Å². The van der Waals surface area contributed by atoms with Crippen molar-refractivity contribution in [2.75, 3.05) is 12.4 Å². The molecule has 0 bridgehead atoms. The first kappa shape index (κ1) is 11.0. The number of alkyl halides is 3. The molecule has 0 radical (unpaired) electrons. The van der Waals surface area contributed by atoms with E-state index in [1.54, 1.807) is 7.05 Å². The molecule has 0 unspecified atom stereocenters. The predicted molar refractivity (Wildman–Crippen MR) is 52.5 cm³/mol. The normalized spacial score (nSPS) is 12.1. The maximum Gasteiger partial charge on any atom is 0.417 e. The molecule has 86 valence electrons. The second-order valence-corrected chi connectivity index (χ2v) is 3.44. The Labute approximate surface area is 93.0 Å². The Morgan fingerprint density at radius 3 is 2.69 bits per heavy atom. The van der Waals surface area contributed by atoms with E-state index in [-0.39, 0.29) is 16.6 Å². The van der Waals surface area contributed by atoms with E-state index in [2.05, 4.69) is 15.4 Å². The first-order chi connectivity index (χ1) is 7.41. The minimum Gasteiger partial charge on any atom is -0.356 e. The second-order valence-electron chi connectivity index (χ2n) is 3.03. The molecule has 1 N–H and O–H groups in total. The molecule has 8 heteroatoms. The molecule has 2 rings (SSSR count).